The van der Waals surface area contributed by atoms with Crippen molar-refractivity contribution in [1.29, 1.82) is 0 Å². The van der Waals surface area contributed by atoms with Crippen molar-refractivity contribution < 1.29 is 38.5 Å². The molecule has 2 bridgehead atoms. The van der Waals surface area contributed by atoms with E-state index in [-0.39, 0.29) is 31.9 Å². The summed E-state index contributed by atoms with van der Waals surface area (Å²) in [5.74, 6) is -4.33. The van der Waals surface area contributed by atoms with Crippen LogP contribution in [-0.4, -0.2) is 89.2 Å². The predicted octanol–water partition coefficient (Wildman–Crippen LogP) is 6.03. The molecule has 6 rings (SSSR count). The van der Waals surface area contributed by atoms with Crippen molar-refractivity contribution >= 4 is 56.9 Å². The van der Waals surface area contributed by atoms with Crippen LogP contribution in [0.15, 0.2) is 104 Å². The molecule has 3 amide bonds. The first-order valence-electron chi connectivity index (χ1n) is 18.6. The smallest absolute Gasteiger partial charge is 0.313 e. The zero-order valence-electron chi connectivity index (χ0n) is 31.4. The molecule has 0 radical (unpaired) electrons. The van der Waals surface area contributed by atoms with Crippen LogP contribution in [-0.2, 0) is 33.4 Å². The van der Waals surface area contributed by atoms with Gasteiger partial charge in [0.1, 0.15) is 17.7 Å². The van der Waals surface area contributed by atoms with Crippen molar-refractivity contribution in [3.8, 4) is 0 Å². The monoisotopic (exact) mass is 847 g/mol. The fourth-order valence-electron chi connectivity index (χ4n) is 8.64. The number of methoxy groups -OCH3 is 1. The van der Waals surface area contributed by atoms with Crippen LogP contribution in [0.5, 0.6) is 0 Å². The van der Waals surface area contributed by atoms with Crippen molar-refractivity contribution in [1.82, 2.24) is 10.2 Å². The van der Waals surface area contributed by atoms with Crippen LogP contribution < -0.4 is 10.2 Å². The highest BCUT2D eigenvalue weighted by molar-refractivity contribution is 9.09. The second-order valence-corrected chi connectivity index (χ2v) is 16.0. The minimum Gasteiger partial charge on any atom is -0.455 e. The lowest BCUT2D eigenvalue weighted by molar-refractivity contribution is -0.163. The molecule has 3 aliphatic heterocycles. The lowest BCUT2D eigenvalue weighted by Crippen LogP contribution is -2.57. The van der Waals surface area contributed by atoms with E-state index in [4.69, 9.17) is 25.8 Å². The molecular formula is C43H47BrClN3O8. The van der Waals surface area contributed by atoms with Gasteiger partial charge in [-0.1, -0.05) is 112 Å². The Morgan fingerprint density at radius 1 is 1.07 bits per heavy atom. The number of aryl methyl sites for hydroxylation is 1. The Morgan fingerprint density at radius 3 is 2.36 bits per heavy atom. The first-order chi connectivity index (χ1) is 27.0. The fraction of sp³-hybridized carbons (Fsp3) is 0.395. The number of rotatable bonds is 17. The number of benzene rings is 3. The van der Waals surface area contributed by atoms with E-state index in [1.807, 2.05) is 25.1 Å². The summed E-state index contributed by atoms with van der Waals surface area (Å²) in [6.07, 6.45) is 2.22. The first kappa shape index (κ1) is 41.3. The number of allylic oxidation sites excluding steroid dienone is 1. The number of alkyl halides is 1. The van der Waals surface area contributed by atoms with E-state index < -0.39 is 77.0 Å². The quantitative estimate of drug-likeness (QED) is 0.0957. The third-order valence-corrected chi connectivity index (χ3v) is 12.1. The Balaban J connectivity index is 1.44. The van der Waals surface area contributed by atoms with Gasteiger partial charge in [0.05, 0.1) is 53.9 Å². The minimum absolute atomic E-state index is 0.0187. The molecule has 3 fully saturated rings. The summed E-state index contributed by atoms with van der Waals surface area (Å²) < 4.78 is 18.7. The van der Waals surface area contributed by atoms with Gasteiger partial charge >= 0.3 is 5.97 Å². The number of para-hydroxylation sites is 1. The average molecular weight is 849 g/mol. The van der Waals surface area contributed by atoms with Gasteiger partial charge < -0.3 is 34.4 Å². The van der Waals surface area contributed by atoms with Gasteiger partial charge in [0.15, 0.2) is 0 Å². The highest BCUT2D eigenvalue weighted by Gasteiger charge is 2.78. The Kier molecular flexibility index (Phi) is 13.2. The number of hydrogen-bond acceptors (Lipinski definition) is 8. The van der Waals surface area contributed by atoms with Crippen LogP contribution >= 0.6 is 27.5 Å². The van der Waals surface area contributed by atoms with E-state index in [9.17, 15) is 14.7 Å². The number of nitrogens with one attached hydrogen (secondary N) is 1. The number of amides is 3. The molecule has 3 aromatic carbocycles. The van der Waals surface area contributed by atoms with Gasteiger partial charge in [-0.2, -0.15) is 0 Å². The Morgan fingerprint density at radius 2 is 1.75 bits per heavy atom. The van der Waals surface area contributed by atoms with E-state index in [1.165, 1.54) is 16.9 Å². The molecule has 296 valence electrons. The van der Waals surface area contributed by atoms with E-state index >= 15 is 9.59 Å². The summed E-state index contributed by atoms with van der Waals surface area (Å²) in [7, 11) is 1.49. The second-order valence-electron chi connectivity index (χ2n) is 14.4. The molecule has 56 heavy (non-hydrogen) atoms. The normalized spacial score (nSPS) is 25.2. The lowest BCUT2D eigenvalue weighted by Gasteiger charge is -2.40. The number of halogens is 2. The van der Waals surface area contributed by atoms with E-state index in [0.717, 1.165) is 5.56 Å². The molecule has 2 N–H and O–H groups in total. The zero-order chi connectivity index (χ0) is 40.1. The molecule has 9 atom stereocenters. The van der Waals surface area contributed by atoms with Crippen LogP contribution in [0.25, 0.3) is 0 Å². The summed E-state index contributed by atoms with van der Waals surface area (Å²) >= 11 is 10.5. The van der Waals surface area contributed by atoms with E-state index in [0.29, 0.717) is 28.3 Å². The molecule has 0 aromatic heterocycles. The number of carbonyl (C=O) groups excluding carboxylic acids is 4. The summed E-state index contributed by atoms with van der Waals surface area (Å²) in [6.45, 7) is 9.01. The third kappa shape index (κ3) is 7.69. The van der Waals surface area contributed by atoms with Gasteiger partial charge in [-0.05, 0) is 42.5 Å². The molecule has 0 saturated carbocycles. The topological polar surface area (TPSA) is 135 Å². The molecule has 3 aliphatic rings. The van der Waals surface area contributed by atoms with Crippen LogP contribution in [0.3, 0.4) is 0 Å². The molecule has 1 unspecified atom stereocenters. The molecule has 13 heteroatoms. The highest BCUT2D eigenvalue weighted by Crippen LogP contribution is 2.62. The maximum absolute atomic E-state index is 15.3. The average Bonchev–Trinajstić information content (AvgIpc) is 3.79. The molecular weight excluding hydrogens is 802 g/mol. The number of carbonyl (C=O) groups is 4. The molecule has 1 spiro atoms. The van der Waals surface area contributed by atoms with Crippen LogP contribution in [0.1, 0.15) is 48.1 Å². The maximum atomic E-state index is 15.3. The Labute approximate surface area is 340 Å². The lowest BCUT2D eigenvalue weighted by atomic mass is 9.70. The number of fused-ring (bicyclic) bond motifs is 1. The Hall–Kier alpha value is -4.33. The Bertz CT molecular complexity index is 1910. The minimum atomic E-state index is -1.50. The highest BCUT2D eigenvalue weighted by atomic mass is 79.9. The van der Waals surface area contributed by atoms with Gasteiger partial charge in [0.2, 0.25) is 11.8 Å². The van der Waals surface area contributed by atoms with Gasteiger partial charge in [-0.3, -0.25) is 19.2 Å². The zero-order valence-corrected chi connectivity index (χ0v) is 33.7. The third-order valence-electron chi connectivity index (χ3n) is 11.0. The SMILES string of the molecule is C=CCCC(=O)N[C@@H](COC)[C@@H](OC(=O)[C@@H]1[C@H]2O[C@@]3(CC2Br)[C@H](C(=O)N(CC=C)c2c(C)cccc2Cl)N([C@H](CO)c2ccccc2)C(=O)[C@@H]13)c1ccccc1. The van der Waals surface area contributed by atoms with Crippen molar-refractivity contribution in [2.24, 2.45) is 11.8 Å². The van der Waals surface area contributed by atoms with Gasteiger partial charge in [-0.25, -0.2) is 0 Å². The fourth-order valence-corrected chi connectivity index (χ4v) is 9.91. The number of likely N-dealkylation sites (tertiary alicyclic amines) is 1. The summed E-state index contributed by atoms with van der Waals surface area (Å²) in [6, 6.07) is 20.2. The molecule has 3 heterocycles. The molecule has 11 nitrogen and oxygen atoms in total. The van der Waals surface area contributed by atoms with E-state index in [2.05, 4.69) is 34.4 Å². The molecule has 3 aromatic rings. The van der Waals surface area contributed by atoms with Crippen LogP contribution in [0, 0.1) is 18.8 Å². The number of hydrogen-bond donors (Lipinski definition) is 2. The van der Waals surface area contributed by atoms with Gasteiger partial charge in [0, 0.05) is 24.9 Å². The van der Waals surface area contributed by atoms with Crippen molar-refractivity contribution in [3.05, 3.63) is 126 Å². The number of aliphatic hydroxyl groups excluding tert-OH is 1. The summed E-state index contributed by atoms with van der Waals surface area (Å²) in [5, 5.41) is 14.3. The van der Waals surface area contributed by atoms with Gasteiger partial charge in [-0.15, -0.1) is 13.2 Å². The van der Waals surface area contributed by atoms with Crippen LogP contribution in [0.2, 0.25) is 5.02 Å². The standard InChI is InChI=1S/C43H47BrClN3O8/c1-5-7-21-33(50)46-31(25-54-4)37(28-18-12-9-13-19-28)55-42(53)34-35-40(51)48(32(24-49)27-16-10-8-11-17-27)39(43(35)23-29(44)38(34)56-43)41(52)47(22-6-2)36-26(3)15-14-20-30(36)45/h5-6,8-20,29,31-32,34-35,37-39,49H,1-2,7,21-25H2,3-4H3,(H,46,50)/t29?,31-,32+,34-,35+,37-,38-,39-,43+/m0/s1. The van der Waals surface area contributed by atoms with Crippen molar-refractivity contribution in [3.63, 3.8) is 0 Å². The first-order valence-corrected chi connectivity index (χ1v) is 19.9. The molecule has 0 aliphatic carbocycles. The second kappa shape index (κ2) is 17.9. The number of nitrogens with zero attached hydrogens (tertiary/aromatic N) is 2. The summed E-state index contributed by atoms with van der Waals surface area (Å²) in [5.41, 5.74) is 0.888. The van der Waals surface area contributed by atoms with Crippen molar-refractivity contribution in [2.45, 2.75) is 66.9 Å². The number of ether oxygens (including phenoxy) is 3. The molecule has 3 saturated heterocycles. The summed E-state index contributed by atoms with van der Waals surface area (Å²) in [4.78, 5) is 60.8. The van der Waals surface area contributed by atoms with Gasteiger partial charge in [0.25, 0.3) is 5.91 Å². The maximum Gasteiger partial charge on any atom is 0.313 e. The number of esters is 1. The number of aliphatic hydroxyl groups is 1. The predicted molar refractivity (Wildman–Crippen MR) is 216 cm³/mol. The number of anilines is 1. The van der Waals surface area contributed by atoms with Crippen molar-refractivity contribution in [2.75, 3.05) is 31.8 Å². The van der Waals surface area contributed by atoms with Crippen LogP contribution in [0.4, 0.5) is 5.69 Å². The van der Waals surface area contributed by atoms with E-state index in [1.54, 1.807) is 72.8 Å². The largest absolute Gasteiger partial charge is 0.455 e.